The summed E-state index contributed by atoms with van der Waals surface area (Å²) < 4.78 is 5.12. The Labute approximate surface area is 138 Å². The van der Waals surface area contributed by atoms with Crippen molar-refractivity contribution in [2.45, 2.75) is 33.4 Å². The van der Waals surface area contributed by atoms with Crippen LogP contribution in [0.5, 0.6) is 0 Å². The van der Waals surface area contributed by atoms with Gasteiger partial charge in [-0.15, -0.1) is 0 Å². The molecule has 1 aromatic carbocycles. The maximum Gasteiger partial charge on any atom is 0.251 e. The van der Waals surface area contributed by atoms with E-state index in [1.165, 1.54) is 0 Å². The molecular formula is C17H28N4O2. The lowest BCUT2D eigenvalue weighted by molar-refractivity contribution is 0.0956. The van der Waals surface area contributed by atoms with Crippen LogP contribution in [0, 0.1) is 0 Å². The van der Waals surface area contributed by atoms with Crippen LogP contribution < -0.4 is 16.0 Å². The predicted octanol–water partition coefficient (Wildman–Crippen LogP) is 1.53. The van der Waals surface area contributed by atoms with Crippen LogP contribution >= 0.6 is 0 Å². The molecule has 0 saturated heterocycles. The molecule has 6 nitrogen and oxygen atoms in total. The molecule has 0 spiro atoms. The van der Waals surface area contributed by atoms with Gasteiger partial charge in [0.05, 0.1) is 13.2 Å². The van der Waals surface area contributed by atoms with E-state index in [2.05, 4.69) is 20.9 Å². The molecule has 0 aromatic heterocycles. The number of guanidine groups is 1. The molecule has 0 aliphatic carbocycles. The Morgan fingerprint density at radius 2 is 1.83 bits per heavy atom. The van der Waals surface area contributed by atoms with Crippen LogP contribution in [-0.4, -0.2) is 44.7 Å². The summed E-state index contributed by atoms with van der Waals surface area (Å²) in [5, 5.41) is 9.28. The van der Waals surface area contributed by atoms with Gasteiger partial charge in [-0.2, -0.15) is 0 Å². The monoisotopic (exact) mass is 320 g/mol. The zero-order valence-electron chi connectivity index (χ0n) is 14.5. The molecule has 3 N–H and O–H groups in total. The zero-order chi connectivity index (χ0) is 17.1. The summed E-state index contributed by atoms with van der Waals surface area (Å²) in [6.07, 6.45) is 0. The van der Waals surface area contributed by atoms with Gasteiger partial charge in [-0.1, -0.05) is 12.1 Å². The molecule has 1 unspecified atom stereocenters. The normalized spacial score (nSPS) is 12.6. The summed E-state index contributed by atoms with van der Waals surface area (Å²) in [6.45, 7) is 8.55. The highest BCUT2D eigenvalue weighted by Crippen LogP contribution is 2.06. The van der Waals surface area contributed by atoms with E-state index in [1.54, 1.807) is 7.11 Å². The molecule has 0 fully saturated rings. The molecule has 23 heavy (non-hydrogen) atoms. The maximum absolute atomic E-state index is 11.7. The van der Waals surface area contributed by atoms with E-state index in [-0.39, 0.29) is 11.9 Å². The third kappa shape index (κ3) is 7.15. The minimum atomic E-state index is -0.0500. The summed E-state index contributed by atoms with van der Waals surface area (Å²) in [5.74, 6) is 0.704. The molecule has 128 valence electrons. The molecule has 1 aromatic rings. The Kier molecular flexibility index (Phi) is 8.75. The van der Waals surface area contributed by atoms with E-state index in [0.29, 0.717) is 25.3 Å². The molecule has 1 atom stereocenters. The van der Waals surface area contributed by atoms with E-state index < -0.39 is 0 Å². The number of carbonyl (C=O) groups excluding carboxylic acids is 1. The molecule has 1 rings (SSSR count). The van der Waals surface area contributed by atoms with Crippen molar-refractivity contribution < 1.29 is 9.53 Å². The molecule has 0 heterocycles. The van der Waals surface area contributed by atoms with Crippen LogP contribution in [0.15, 0.2) is 29.3 Å². The smallest absolute Gasteiger partial charge is 0.251 e. The van der Waals surface area contributed by atoms with Crippen molar-refractivity contribution in [3.8, 4) is 0 Å². The summed E-state index contributed by atoms with van der Waals surface area (Å²) >= 11 is 0. The number of methoxy groups -OCH3 is 1. The van der Waals surface area contributed by atoms with Crippen molar-refractivity contribution in [2.75, 3.05) is 26.8 Å². The first-order valence-corrected chi connectivity index (χ1v) is 8.01. The van der Waals surface area contributed by atoms with Gasteiger partial charge >= 0.3 is 0 Å². The molecule has 6 heteroatoms. The number of hydrogen-bond donors (Lipinski definition) is 3. The second-order valence-electron chi connectivity index (χ2n) is 5.25. The van der Waals surface area contributed by atoms with E-state index >= 15 is 0 Å². The molecule has 1 amide bonds. The van der Waals surface area contributed by atoms with Gasteiger partial charge in [0.2, 0.25) is 0 Å². The van der Waals surface area contributed by atoms with Crippen LogP contribution in [0.1, 0.15) is 36.7 Å². The Balaban J connectivity index is 2.66. The second-order valence-corrected chi connectivity index (χ2v) is 5.25. The highest BCUT2D eigenvalue weighted by Gasteiger charge is 2.05. The van der Waals surface area contributed by atoms with E-state index in [0.717, 1.165) is 18.1 Å². The fourth-order valence-electron chi connectivity index (χ4n) is 2.04. The lowest BCUT2D eigenvalue weighted by Gasteiger charge is -2.17. The Bertz CT molecular complexity index is 500. The fraction of sp³-hybridized carbons (Fsp3) is 0.529. The van der Waals surface area contributed by atoms with Gasteiger partial charge < -0.3 is 20.7 Å². The van der Waals surface area contributed by atoms with Gasteiger partial charge in [0, 0.05) is 31.8 Å². The molecular weight excluding hydrogens is 292 g/mol. The van der Waals surface area contributed by atoms with Gasteiger partial charge in [-0.05, 0) is 38.5 Å². The van der Waals surface area contributed by atoms with Crippen molar-refractivity contribution in [1.82, 2.24) is 16.0 Å². The van der Waals surface area contributed by atoms with Gasteiger partial charge in [0.15, 0.2) is 5.96 Å². The summed E-state index contributed by atoms with van der Waals surface area (Å²) in [4.78, 5) is 16.3. The second kappa shape index (κ2) is 10.6. The van der Waals surface area contributed by atoms with Gasteiger partial charge in [-0.3, -0.25) is 4.79 Å². The summed E-state index contributed by atoms with van der Waals surface area (Å²) in [6, 6.07) is 7.68. The number of aliphatic imine (C=N–C) groups is 1. The van der Waals surface area contributed by atoms with E-state index in [4.69, 9.17) is 4.74 Å². The molecule has 0 aliphatic heterocycles. The molecule has 0 aliphatic rings. The summed E-state index contributed by atoms with van der Waals surface area (Å²) in [5.41, 5.74) is 1.72. The Morgan fingerprint density at radius 1 is 1.17 bits per heavy atom. The highest BCUT2D eigenvalue weighted by molar-refractivity contribution is 5.94. The summed E-state index contributed by atoms with van der Waals surface area (Å²) in [7, 11) is 1.68. The van der Waals surface area contributed by atoms with E-state index in [9.17, 15) is 4.79 Å². The molecule has 0 bridgehead atoms. The number of amides is 1. The van der Waals surface area contributed by atoms with Gasteiger partial charge in [-0.25, -0.2) is 4.99 Å². The number of ether oxygens (including phenoxy) is 1. The van der Waals surface area contributed by atoms with Crippen LogP contribution in [0.2, 0.25) is 0 Å². The Hall–Kier alpha value is -2.08. The van der Waals surface area contributed by atoms with Crippen LogP contribution in [0.25, 0.3) is 0 Å². The zero-order valence-corrected chi connectivity index (χ0v) is 14.5. The number of nitrogens with one attached hydrogen (secondary N) is 3. The van der Waals surface area contributed by atoms with Gasteiger partial charge in [0.25, 0.3) is 5.91 Å². The third-order valence-electron chi connectivity index (χ3n) is 3.12. The minimum absolute atomic E-state index is 0.0500. The maximum atomic E-state index is 11.7. The fourth-order valence-corrected chi connectivity index (χ4v) is 2.04. The number of rotatable bonds is 8. The lowest BCUT2D eigenvalue weighted by Crippen LogP contribution is -2.43. The van der Waals surface area contributed by atoms with Crippen molar-refractivity contribution in [2.24, 2.45) is 4.99 Å². The van der Waals surface area contributed by atoms with Crippen LogP contribution in [0.4, 0.5) is 0 Å². The number of carbonyl (C=O) groups is 1. The first kappa shape index (κ1) is 19.0. The van der Waals surface area contributed by atoms with Crippen molar-refractivity contribution in [3.63, 3.8) is 0 Å². The number of nitrogens with zero attached hydrogens (tertiary/aromatic N) is 1. The van der Waals surface area contributed by atoms with E-state index in [1.807, 2.05) is 45.0 Å². The van der Waals surface area contributed by atoms with Crippen molar-refractivity contribution in [3.05, 3.63) is 35.4 Å². The first-order valence-electron chi connectivity index (χ1n) is 8.01. The van der Waals surface area contributed by atoms with Gasteiger partial charge in [0.1, 0.15) is 0 Å². The highest BCUT2D eigenvalue weighted by atomic mass is 16.5. The largest absolute Gasteiger partial charge is 0.383 e. The quantitative estimate of drug-likeness (QED) is 0.501. The first-order chi connectivity index (χ1) is 11.1. The van der Waals surface area contributed by atoms with Crippen LogP contribution in [-0.2, 0) is 11.3 Å². The minimum Gasteiger partial charge on any atom is -0.383 e. The SMILES string of the molecule is CCNC(=O)c1ccc(CN=C(NCC)NC(C)COC)cc1. The predicted molar refractivity (Wildman–Crippen MR) is 93.7 cm³/mol. The Morgan fingerprint density at radius 3 is 2.39 bits per heavy atom. The number of benzene rings is 1. The third-order valence-corrected chi connectivity index (χ3v) is 3.12. The molecule has 0 saturated carbocycles. The van der Waals surface area contributed by atoms with Crippen molar-refractivity contribution >= 4 is 11.9 Å². The standard InChI is InChI=1S/C17H28N4O2/c1-5-18-16(22)15-9-7-14(8-10-15)11-20-17(19-6-2)21-13(3)12-23-4/h7-10,13H,5-6,11-12H2,1-4H3,(H,18,22)(H2,19,20,21). The topological polar surface area (TPSA) is 74.8 Å². The van der Waals surface area contributed by atoms with Crippen LogP contribution in [0.3, 0.4) is 0 Å². The molecule has 0 radical (unpaired) electrons. The lowest BCUT2D eigenvalue weighted by atomic mass is 10.1. The number of hydrogen-bond acceptors (Lipinski definition) is 3. The van der Waals surface area contributed by atoms with Crippen molar-refractivity contribution in [1.29, 1.82) is 0 Å². The average molecular weight is 320 g/mol. The average Bonchev–Trinajstić information content (AvgIpc) is 2.54.